The molecule has 0 unspecified atom stereocenters. The number of methoxy groups -OCH3 is 2. The number of carbonyl (C=O) groups excluding carboxylic acids is 1. The van der Waals surface area contributed by atoms with Gasteiger partial charge in [-0.1, -0.05) is 23.4 Å². The van der Waals surface area contributed by atoms with Crippen molar-refractivity contribution >= 4 is 11.7 Å². The van der Waals surface area contributed by atoms with Crippen molar-refractivity contribution in [2.24, 2.45) is 0 Å². The molecule has 28 heavy (non-hydrogen) atoms. The van der Waals surface area contributed by atoms with Crippen molar-refractivity contribution in [2.45, 2.75) is 13.5 Å². The van der Waals surface area contributed by atoms with Crippen molar-refractivity contribution in [1.82, 2.24) is 15.0 Å². The van der Waals surface area contributed by atoms with Gasteiger partial charge in [-0.15, -0.1) is 0 Å². The first kappa shape index (κ1) is 19.2. The van der Waals surface area contributed by atoms with E-state index in [4.69, 9.17) is 14.0 Å². The average molecular weight is 382 g/mol. The van der Waals surface area contributed by atoms with Gasteiger partial charge in [0.25, 0.3) is 0 Å². The molecular formula is C20H22N4O4. The zero-order valence-electron chi connectivity index (χ0n) is 16.2. The van der Waals surface area contributed by atoms with Gasteiger partial charge in [0.05, 0.1) is 14.2 Å². The van der Waals surface area contributed by atoms with Gasteiger partial charge in [-0.2, -0.15) is 4.98 Å². The van der Waals surface area contributed by atoms with E-state index in [1.807, 2.05) is 37.3 Å². The van der Waals surface area contributed by atoms with Crippen molar-refractivity contribution in [1.29, 1.82) is 0 Å². The standard InChI is InChI=1S/C20H22N4O4/c1-13-7-5-6-8-15(13)21-20(25)24(2)12-18-22-19(23-28-18)14-9-10-16(26-3)17(11-14)27-4/h5-11H,12H2,1-4H3,(H,21,25). The molecule has 8 nitrogen and oxygen atoms in total. The number of nitrogens with one attached hydrogen (secondary N) is 1. The molecule has 146 valence electrons. The second kappa shape index (κ2) is 8.43. The Morgan fingerprint density at radius 3 is 2.61 bits per heavy atom. The molecule has 0 aliphatic rings. The van der Waals surface area contributed by atoms with E-state index in [1.165, 1.54) is 4.90 Å². The summed E-state index contributed by atoms with van der Waals surface area (Å²) in [4.78, 5) is 18.2. The Labute approximate surface area is 163 Å². The molecular weight excluding hydrogens is 360 g/mol. The number of aryl methyl sites for hydroxylation is 1. The number of benzene rings is 2. The third-order valence-corrected chi connectivity index (χ3v) is 4.22. The quantitative estimate of drug-likeness (QED) is 0.699. The largest absolute Gasteiger partial charge is 0.493 e. The second-order valence-corrected chi connectivity index (χ2v) is 6.18. The fourth-order valence-electron chi connectivity index (χ4n) is 2.61. The average Bonchev–Trinajstić information content (AvgIpc) is 3.17. The summed E-state index contributed by atoms with van der Waals surface area (Å²) in [5.74, 6) is 1.92. The predicted molar refractivity (Wildman–Crippen MR) is 105 cm³/mol. The molecule has 1 N–H and O–H groups in total. The first-order valence-electron chi connectivity index (χ1n) is 8.64. The van der Waals surface area contributed by atoms with Crippen LogP contribution in [-0.2, 0) is 6.54 Å². The van der Waals surface area contributed by atoms with Crippen molar-refractivity contribution in [3.05, 3.63) is 53.9 Å². The van der Waals surface area contributed by atoms with Crippen LogP contribution in [0.2, 0.25) is 0 Å². The Kier molecular flexibility index (Phi) is 5.78. The number of hydrogen-bond acceptors (Lipinski definition) is 6. The van der Waals surface area contributed by atoms with Gasteiger partial charge >= 0.3 is 6.03 Å². The van der Waals surface area contributed by atoms with E-state index in [2.05, 4.69) is 15.5 Å². The lowest BCUT2D eigenvalue weighted by Crippen LogP contribution is -2.31. The molecule has 0 atom stereocenters. The van der Waals surface area contributed by atoms with Crippen LogP contribution in [0.3, 0.4) is 0 Å². The number of nitrogens with zero attached hydrogens (tertiary/aromatic N) is 3. The summed E-state index contributed by atoms with van der Waals surface area (Å²) < 4.78 is 15.8. The van der Waals surface area contributed by atoms with Gasteiger partial charge in [0.1, 0.15) is 6.54 Å². The monoisotopic (exact) mass is 382 g/mol. The number of para-hydroxylation sites is 1. The summed E-state index contributed by atoms with van der Waals surface area (Å²) in [6, 6.07) is 12.7. The first-order valence-corrected chi connectivity index (χ1v) is 8.64. The highest BCUT2D eigenvalue weighted by Crippen LogP contribution is 2.31. The molecule has 2 aromatic carbocycles. The van der Waals surface area contributed by atoms with Crippen LogP contribution in [0.5, 0.6) is 11.5 Å². The highest BCUT2D eigenvalue weighted by atomic mass is 16.5. The van der Waals surface area contributed by atoms with Gasteiger partial charge in [-0.25, -0.2) is 4.79 Å². The molecule has 8 heteroatoms. The summed E-state index contributed by atoms with van der Waals surface area (Å²) in [5.41, 5.74) is 2.47. The van der Waals surface area contributed by atoms with Crippen LogP contribution >= 0.6 is 0 Å². The molecule has 3 aromatic rings. The molecule has 2 amide bonds. The van der Waals surface area contributed by atoms with Crippen LogP contribution in [0.4, 0.5) is 10.5 Å². The maximum absolute atomic E-state index is 12.4. The Balaban J connectivity index is 1.69. The first-order chi connectivity index (χ1) is 13.5. The Morgan fingerprint density at radius 1 is 1.14 bits per heavy atom. The number of hydrogen-bond donors (Lipinski definition) is 1. The van der Waals surface area contributed by atoms with Crippen molar-refractivity contribution in [3.63, 3.8) is 0 Å². The normalized spacial score (nSPS) is 10.4. The lowest BCUT2D eigenvalue weighted by Gasteiger charge is -2.16. The fourth-order valence-corrected chi connectivity index (χ4v) is 2.61. The molecule has 3 rings (SSSR count). The van der Waals surface area contributed by atoms with E-state index in [1.54, 1.807) is 33.4 Å². The smallest absolute Gasteiger partial charge is 0.322 e. The second-order valence-electron chi connectivity index (χ2n) is 6.18. The fraction of sp³-hybridized carbons (Fsp3) is 0.250. The van der Waals surface area contributed by atoms with Crippen LogP contribution in [0, 0.1) is 6.92 Å². The zero-order valence-corrected chi connectivity index (χ0v) is 16.2. The van der Waals surface area contributed by atoms with E-state index >= 15 is 0 Å². The van der Waals surface area contributed by atoms with Gasteiger partial charge in [0.2, 0.25) is 11.7 Å². The lowest BCUT2D eigenvalue weighted by molar-refractivity contribution is 0.213. The maximum atomic E-state index is 12.4. The molecule has 0 saturated carbocycles. The Hall–Kier alpha value is -3.55. The summed E-state index contributed by atoms with van der Waals surface area (Å²) in [7, 11) is 4.79. The third-order valence-electron chi connectivity index (χ3n) is 4.22. The van der Waals surface area contributed by atoms with E-state index in [0.717, 1.165) is 16.8 Å². The summed E-state index contributed by atoms with van der Waals surface area (Å²) >= 11 is 0. The highest BCUT2D eigenvalue weighted by Gasteiger charge is 2.16. The molecule has 1 heterocycles. The number of ether oxygens (including phenoxy) is 2. The molecule has 0 radical (unpaired) electrons. The number of rotatable bonds is 6. The number of anilines is 1. The van der Waals surface area contributed by atoms with E-state index in [9.17, 15) is 4.79 Å². The predicted octanol–water partition coefficient (Wildman–Crippen LogP) is 3.73. The molecule has 1 aromatic heterocycles. The van der Waals surface area contributed by atoms with E-state index in [-0.39, 0.29) is 12.6 Å². The van der Waals surface area contributed by atoms with Crippen LogP contribution < -0.4 is 14.8 Å². The molecule has 0 saturated heterocycles. The number of aromatic nitrogens is 2. The summed E-state index contributed by atoms with van der Waals surface area (Å²) in [5, 5.41) is 6.85. The van der Waals surface area contributed by atoms with Crippen LogP contribution in [0.15, 0.2) is 47.0 Å². The lowest BCUT2D eigenvalue weighted by atomic mass is 10.2. The third kappa shape index (κ3) is 4.22. The van der Waals surface area contributed by atoms with Gasteiger partial charge in [0, 0.05) is 18.3 Å². The number of carbonyl (C=O) groups is 1. The minimum absolute atomic E-state index is 0.179. The minimum atomic E-state index is -0.264. The highest BCUT2D eigenvalue weighted by molar-refractivity contribution is 5.89. The van der Waals surface area contributed by atoms with Crippen molar-refractivity contribution in [2.75, 3.05) is 26.6 Å². The SMILES string of the molecule is COc1ccc(-c2noc(CN(C)C(=O)Nc3ccccc3C)n2)cc1OC. The Morgan fingerprint density at radius 2 is 1.89 bits per heavy atom. The van der Waals surface area contributed by atoms with Gasteiger partial charge in [-0.3, -0.25) is 0 Å². The Bertz CT molecular complexity index is 970. The number of amides is 2. The van der Waals surface area contributed by atoms with Crippen molar-refractivity contribution in [3.8, 4) is 22.9 Å². The van der Waals surface area contributed by atoms with Crippen molar-refractivity contribution < 1.29 is 18.8 Å². The maximum Gasteiger partial charge on any atom is 0.322 e. The van der Waals surface area contributed by atoms with Crippen LogP contribution in [0.25, 0.3) is 11.4 Å². The molecule has 0 bridgehead atoms. The van der Waals surface area contributed by atoms with E-state index < -0.39 is 0 Å². The van der Waals surface area contributed by atoms with Gasteiger partial charge in [-0.05, 0) is 36.8 Å². The van der Waals surface area contributed by atoms with E-state index in [0.29, 0.717) is 23.2 Å². The van der Waals surface area contributed by atoms with Gasteiger partial charge in [0.15, 0.2) is 11.5 Å². The number of urea groups is 1. The topological polar surface area (TPSA) is 89.7 Å². The zero-order chi connectivity index (χ0) is 20.1. The van der Waals surface area contributed by atoms with Crippen LogP contribution in [0.1, 0.15) is 11.5 Å². The van der Waals surface area contributed by atoms with Crippen LogP contribution in [-0.4, -0.2) is 42.3 Å². The molecule has 0 aliphatic carbocycles. The molecule has 0 aliphatic heterocycles. The minimum Gasteiger partial charge on any atom is -0.493 e. The molecule has 0 fully saturated rings. The summed E-state index contributed by atoms with van der Waals surface area (Å²) in [6.07, 6.45) is 0. The van der Waals surface area contributed by atoms with Gasteiger partial charge < -0.3 is 24.2 Å². The summed E-state index contributed by atoms with van der Waals surface area (Å²) in [6.45, 7) is 2.11. The molecule has 0 spiro atoms.